The van der Waals surface area contributed by atoms with Gasteiger partial charge in [0.1, 0.15) is 11.8 Å². The molecule has 1 aromatic rings. The number of likely N-dealkylation sites (tertiary alicyclic amines) is 1. The minimum absolute atomic E-state index is 0.254. The number of carboxylic acid groups (broad SMARTS) is 1. The molecule has 12 heteroatoms. The van der Waals surface area contributed by atoms with Crippen LogP contribution in [0.1, 0.15) is 6.42 Å². The lowest BCUT2D eigenvalue weighted by Gasteiger charge is -2.15. The summed E-state index contributed by atoms with van der Waals surface area (Å²) in [5.41, 5.74) is 0. The van der Waals surface area contributed by atoms with Gasteiger partial charge < -0.3 is 14.7 Å². The number of nitrogens with zero attached hydrogens (tertiary/aromatic N) is 1. The second-order valence-electron chi connectivity index (χ2n) is 5.56. The molecule has 0 bridgehead atoms. The van der Waals surface area contributed by atoms with Crippen LogP contribution in [0.3, 0.4) is 0 Å². The van der Waals surface area contributed by atoms with Gasteiger partial charge in [-0.3, -0.25) is 4.79 Å². The Morgan fingerprint density at radius 1 is 1.42 bits per heavy atom. The maximum absolute atomic E-state index is 12.7. The van der Waals surface area contributed by atoms with Crippen molar-refractivity contribution in [3.05, 3.63) is 23.2 Å². The van der Waals surface area contributed by atoms with Crippen LogP contribution in [0.5, 0.6) is 5.75 Å². The van der Waals surface area contributed by atoms with Crippen LogP contribution in [-0.4, -0.2) is 61.4 Å². The minimum atomic E-state index is -4.56. The first-order valence-corrected chi connectivity index (χ1v) is 9.05. The van der Waals surface area contributed by atoms with Gasteiger partial charge in [0.2, 0.25) is 6.41 Å². The molecule has 0 saturated carbocycles. The Morgan fingerprint density at radius 3 is 2.54 bits per heavy atom. The van der Waals surface area contributed by atoms with Gasteiger partial charge in [-0.1, -0.05) is 11.6 Å². The predicted octanol–water partition coefficient (Wildman–Crippen LogP) is 1.74. The van der Waals surface area contributed by atoms with Crippen LogP contribution in [0.2, 0.25) is 5.02 Å². The van der Waals surface area contributed by atoms with Crippen molar-refractivity contribution in [3.63, 3.8) is 0 Å². The number of carbonyl (C=O) groups excluding carboxylic acids is 1. The first kappa shape index (κ1) is 20.3. The minimum Gasteiger partial charge on any atom is -0.484 e. The molecule has 1 aromatic carbocycles. The van der Waals surface area contributed by atoms with Gasteiger partial charge in [-0.15, -0.1) is 0 Å². The molecule has 7 nitrogen and oxygen atoms in total. The normalized spacial score (nSPS) is 20.8. The number of hydrogen-bond donors (Lipinski definition) is 1. The summed E-state index contributed by atoms with van der Waals surface area (Å²) >= 11 is 5.87. The molecule has 1 heterocycles. The number of carboxylic acids is 1. The third-order valence-electron chi connectivity index (χ3n) is 3.77. The SMILES string of the molecule is O=CN1C[C@H](S(=O)(=O)c2ccc(OCC(F)(F)F)cc2Cl)CC1C(=O)O. The molecule has 26 heavy (non-hydrogen) atoms. The Kier molecular flexibility index (Phi) is 5.71. The summed E-state index contributed by atoms with van der Waals surface area (Å²) in [6.07, 6.45) is -4.63. The van der Waals surface area contributed by atoms with Crippen LogP contribution < -0.4 is 4.74 Å². The van der Waals surface area contributed by atoms with Gasteiger partial charge in [-0.25, -0.2) is 13.2 Å². The monoisotopic (exact) mass is 415 g/mol. The Balaban J connectivity index is 2.24. The van der Waals surface area contributed by atoms with Crippen molar-refractivity contribution >= 4 is 33.8 Å². The standard InChI is InChI=1S/C14H13ClF3NO6S/c15-10-3-8(25-6-14(16,17)18)1-2-12(10)26(23,24)9-4-11(13(21)22)19(5-9)7-20/h1-3,7,9,11H,4-6H2,(H,21,22)/t9-,11?/m1/s1. The molecule has 0 aliphatic carbocycles. The lowest BCUT2D eigenvalue weighted by Crippen LogP contribution is -2.34. The number of rotatable bonds is 6. The molecule has 0 radical (unpaired) electrons. The zero-order valence-electron chi connectivity index (χ0n) is 12.9. The Labute approximate surface area is 151 Å². The van der Waals surface area contributed by atoms with Gasteiger partial charge in [-0.05, 0) is 18.6 Å². The van der Waals surface area contributed by atoms with E-state index in [2.05, 4.69) is 4.74 Å². The van der Waals surface area contributed by atoms with Gasteiger partial charge >= 0.3 is 12.1 Å². The van der Waals surface area contributed by atoms with Gasteiger partial charge in [0.25, 0.3) is 0 Å². The highest BCUT2D eigenvalue weighted by atomic mass is 35.5. The summed E-state index contributed by atoms with van der Waals surface area (Å²) in [6.45, 7) is -1.89. The maximum Gasteiger partial charge on any atom is 0.422 e. The molecular formula is C14H13ClF3NO6S. The number of aliphatic carboxylic acids is 1. The number of ether oxygens (including phenoxy) is 1. The fourth-order valence-corrected chi connectivity index (χ4v) is 4.80. The van der Waals surface area contributed by atoms with Gasteiger partial charge in [0, 0.05) is 12.6 Å². The molecule has 1 fully saturated rings. The van der Waals surface area contributed by atoms with Crippen molar-refractivity contribution in [2.24, 2.45) is 0 Å². The molecule has 2 rings (SSSR count). The zero-order chi connectivity index (χ0) is 19.7. The number of alkyl halides is 3. The van der Waals surface area contributed by atoms with Gasteiger partial charge in [0.15, 0.2) is 16.4 Å². The largest absolute Gasteiger partial charge is 0.484 e. The topological polar surface area (TPSA) is 101 Å². The fourth-order valence-electron chi connectivity index (χ4n) is 2.55. The van der Waals surface area contributed by atoms with Crippen LogP contribution in [-0.2, 0) is 19.4 Å². The summed E-state index contributed by atoms with van der Waals surface area (Å²) in [5, 5.41) is 7.49. The van der Waals surface area contributed by atoms with Gasteiger partial charge in [-0.2, -0.15) is 13.2 Å². The number of carbonyl (C=O) groups is 2. The molecule has 1 amide bonds. The zero-order valence-corrected chi connectivity index (χ0v) is 14.5. The second-order valence-corrected chi connectivity index (χ2v) is 8.16. The summed E-state index contributed by atoms with van der Waals surface area (Å²) in [7, 11) is -4.11. The quantitative estimate of drug-likeness (QED) is 0.710. The first-order valence-electron chi connectivity index (χ1n) is 7.12. The molecule has 1 aliphatic heterocycles. The molecule has 2 atom stereocenters. The maximum atomic E-state index is 12.7. The number of benzene rings is 1. The van der Waals surface area contributed by atoms with E-state index in [9.17, 15) is 31.2 Å². The van der Waals surface area contributed by atoms with Crippen LogP contribution in [0, 0.1) is 0 Å². The van der Waals surface area contributed by atoms with Crippen molar-refractivity contribution in [3.8, 4) is 5.75 Å². The lowest BCUT2D eigenvalue weighted by molar-refractivity contribution is -0.153. The third kappa shape index (κ3) is 4.39. The summed E-state index contributed by atoms with van der Waals surface area (Å²) < 4.78 is 66.3. The van der Waals surface area contributed by atoms with E-state index in [0.29, 0.717) is 0 Å². The molecule has 1 saturated heterocycles. The highest BCUT2D eigenvalue weighted by Gasteiger charge is 2.43. The molecular weight excluding hydrogens is 403 g/mol. The first-order chi connectivity index (χ1) is 12.0. The van der Waals surface area contributed by atoms with E-state index in [1.54, 1.807) is 0 Å². The smallest absolute Gasteiger partial charge is 0.422 e. The molecule has 0 spiro atoms. The van der Waals surface area contributed by atoms with Crippen molar-refractivity contribution in [1.29, 1.82) is 0 Å². The Hall–Kier alpha value is -2.01. The lowest BCUT2D eigenvalue weighted by atomic mass is 10.2. The number of halogens is 4. The van der Waals surface area contributed by atoms with E-state index in [4.69, 9.17) is 16.7 Å². The summed E-state index contributed by atoms with van der Waals surface area (Å²) in [4.78, 5) is 22.5. The molecule has 0 aromatic heterocycles. The fraction of sp³-hybridized carbons (Fsp3) is 0.429. The van der Waals surface area contributed by atoms with E-state index >= 15 is 0 Å². The highest BCUT2D eigenvalue weighted by molar-refractivity contribution is 7.92. The molecule has 144 valence electrons. The van der Waals surface area contributed by atoms with Gasteiger partial charge in [0.05, 0.1) is 15.2 Å². The van der Waals surface area contributed by atoms with Crippen LogP contribution in [0.15, 0.2) is 23.1 Å². The van der Waals surface area contributed by atoms with Crippen LogP contribution in [0.4, 0.5) is 13.2 Å². The van der Waals surface area contributed by atoms with Crippen molar-refractivity contribution in [2.75, 3.05) is 13.2 Å². The third-order valence-corrected chi connectivity index (χ3v) is 6.39. The van der Waals surface area contributed by atoms with E-state index in [1.165, 1.54) is 0 Å². The van der Waals surface area contributed by atoms with Crippen LogP contribution >= 0.6 is 11.6 Å². The Bertz CT molecular complexity index is 813. The molecule has 1 aliphatic rings. The summed E-state index contributed by atoms with van der Waals surface area (Å²) in [6, 6.07) is 1.66. The number of hydrogen-bond acceptors (Lipinski definition) is 5. The molecule has 1 N–H and O–H groups in total. The van der Waals surface area contributed by atoms with E-state index < -0.39 is 39.9 Å². The van der Waals surface area contributed by atoms with E-state index in [0.717, 1.165) is 23.1 Å². The summed E-state index contributed by atoms with van der Waals surface area (Å²) in [5.74, 6) is -1.60. The van der Waals surface area contributed by atoms with E-state index in [-0.39, 0.29) is 35.0 Å². The van der Waals surface area contributed by atoms with Crippen LogP contribution in [0.25, 0.3) is 0 Å². The second kappa shape index (κ2) is 7.31. The average molecular weight is 416 g/mol. The van der Waals surface area contributed by atoms with Crippen molar-refractivity contribution < 1.29 is 41.0 Å². The predicted molar refractivity (Wildman–Crippen MR) is 82.8 cm³/mol. The number of sulfone groups is 1. The van der Waals surface area contributed by atoms with Crippen molar-refractivity contribution in [1.82, 2.24) is 4.90 Å². The Morgan fingerprint density at radius 2 is 2.08 bits per heavy atom. The number of amides is 1. The molecule has 1 unspecified atom stereocenters. The highest BCUT2D eigenvalue weighted by Crippen LogP contribution is 2.33. The average Bonchev–Trinajstić information content (AvgIpc) is 2.97. The van der Waals surface area contributed by atoms with E-state index in [1.807, 2.05) is 0 Å². The van der Waals surface area contributed by atoms with Crippen molar-refractivity contribution in [2.45, 2.75) is 28.8 Å².